The first kappa shape index (κ1) is 17.8. The van der Waals surface area contributed by atoms with Gasteiger partial charge in [-0.25, -0.2) is 0 Å². The normalized spacial score (nSPS) is 17.6. The largest absolute Gasteiger partial charge is 0.493 e. The highest BCUT2D eigenvalue weighted by Crippen LogP contribution is 2.34. The summed E-state index contributed by atoms with van der Waals surface area (Å²) in [5.74, 6) is 3.13. The van der Waals surface area contributed by atoms with Crippen molar-refractivity contribution in [2.24, 2.45) is 0 Å². The fourth-order valence-electron chi connectivity index (χ4n) is 3.66. The van der Waals surface area contributed by atoms with Crippen molar-refractivity contribution in [3.05, 3.63) is 29.5 Å². The highest BCUT2D eigenvalue weighted by atomic mass is 16.5. The van der Waals surface area contributed by atoms with Crippen molar-refractivity contribution in [2.75, 3.05) is 63.8 Å². The molecule has 0 amide bonds. The van der Waals surface area contributed by atoms with Gasteiger partial charge >= 0.3 is 0 Å². The van der Waals surface area contributed by atoms with E-state index in [9.17, 15) is 0 Å². The lowest BCUT2D eigenvalue weighted by atomic mass is 9.99. The Labute approximate surface area is 159 Å². The molecule has 4 rings (SSSR count). The second kappa shape index (κ2) is 7.56. The minimum absolute atomic E-state index is 0.687. The van der Waals surface area contributed by atoms with Crippen LogP contribution in [0.3, 0.4) is 0 Å². The molecule has 1 saturated heterocycles. The van der Waals surface area contributed by atoms with E-state index in [1.807, 2.05) is 0 Å². The Morgan fingerprint density at radius 1 is 0.889 bits per heavy atom. The number of aromatic nitrogens is 3. The van der Waals surface area contributed by atoms with Crippen LogP contribution in [0.2, 0.25) is 0 Å². The van der Waals surface area contributed by atoms with Crippen LogP contribution in [0.4, 0.5) is 11.8 Å². The second-order valence-corrected chi connectivity index (χ2v) is 7.05. The van der Waals surface area contributed by atoms with Crippen molar-refractivity contribution in [3.8, 4) is 11.5 Å². The Morgan fingerprint density at radius 3 is 2.30 bits per heavy atom. The monoisotopic (exact) mass is 370 g/mol. The quantitative estimate of drug-likeness (QED) is 0.796. The van der Waals surface area contributed by atoms with Crippen molar-refractivity contribution in [2.45, 2.75) is 13.0 Å². The van der Waals surface area contributed by atoms with Crippen LogP contribution in [0.25, 0.3) is 0 Å². The van der Waals surface area contributed by atoms with Crippen LogP contribution in [0.5, 0.6) is 11.5 Å². The van der Waals surface area contributed by atoms with Crippen molar-refractivity contribution in [3.63, 3.8) is 0 Å². The number of anilines is 2. The Balaban J connectivity index is 1.54. The molecule has 8 nitrogen and oxygen atoms in total. The van der Waals surface area contributed by atoms with Gasteiger partial charge in [0.1, 0.15) is 0 Å². The van der Waals surface area contributed by atoms with Gasteiger partial charge in [0.2, 0.25) is 5.95 Å². The third kappa shape index (κ3) is 3.62. The van der Waals surface area contributed by atoms with E-state index in [0.29, 0.717) is 5.95 Å². The zero-order chi connectivity index (χ0) is 18.8. The van der Waals surface area contributed by atoms with Gasteiger partial charge in [0, 0.05) is 39.3 Å². The molecule has 0 aliphatic carbocycles. The smallest absolute Gasteiger partial charge is 0.247 e. The zero-order valence-corrected chi connectivity index (χ0v) is 16.2. The molecule has 0 bridgehead atoms. The fraction of sp³-hybridized carbons (Fsp3) is 0.526. The number of piperazine rings is 1. The Kier molecular flexibility index (Phi) is 4.98. The maximum absolute atomic E-state index is 5.45. The highest BCUT2D eigenvalue weighted by molar-refractivity contribution is 5.51. The molecule has 0 unspecified atom stereocenters. The molecule has 1 fully saturated rings. The van der Waals surface area contributed by atoms with Crippen LogP contribution < -0.4 is 19.3 Å². The maximum atomic E-state index is 5.45. The minimum atomic E-state index is 0.687. The average molecular weight is 370 g/mol. The molecule has 0 N–H and O–H groups in total. The van der Waals surface area contributed by atoms with Gasteiger partial charge in [0.25, 0.3) is 0 Å². The lowest BCUT2D eigenvalue weighted by Crippen LogP contribution is -2.45. The first-order valence-electron chi connectivity index (χ1n) is 9.30. The molecule has 0 spiro atoms. The number of likely N-dealkylation sites (N-methyl/N-ethyl adjacent to an activating group) is 1. The average Bonchev–Trinajstić information content (AvgIpc) is 2.73. The summed E-state index contributed by atoms with van der Waals surface area (Å²) in [7, 11) is 5.48. The van der Waals surface area contributed by atoms with Gasteiger partial charge in [-0.2, -0.15) is 10.1 Å². The predicted molar refractivity (Wildman–Crippen MR) is 104 cm³/mol. The van der Waals surface area contributed by atoms with E-state index in [2.05, 4.69) is 44.1 Å². The summed E-state index contributed by atoms with van der Waals surface area (Å²) in [6.07, 6.45) is 2.68. The van der Waals surface area contributed by atoms with E-state index >= 15 is 0 Å². The van der Waals surface area contributed by atoms with E-state index in [1.54, 1.807) is 20.4 Å². The summed E-state index contributed by atoms with van der Waals surface area (Å²) < 4.78 is 10.9. The number of ether oxygens (including phenoxy) is 2. The standard InChI is InChI=1S/C19H26N6O2/c1-23-6-8-24(9-7-23)18-12-20-22-19(21-18)25-5-4-14-10-16(26-2)17(27-3)11-15(14)13-25/h10-12H,4-9,13H2,1-3H3. The van der Waals surface area contributed by atoms with Gasteiger partial charge in [-0.1, -0.05) is 0 Å². The molecule has 0 atom stereocenters. The lowest BCUT2D eigenvalue weighted by molar-refractivity contribution is 0.312. The van der Waals surface area contributed by atoms with Crippen LogP contribution in [-0.4, -0.2) is 74.1 Å². The number of hydrogen-bond donors (Lipinski definition) is 0. The van der Waals surface area contributed by atoms with Gasteiger partial charge in [-0.05, 0) is 36.7 Å². The Bertz CT molecular complexity index is 807. The molecular weight excluding hydrogens is 344 g/mol. The molecule has 2 aliphatic rings. The SMILES string of the molecule is COc1cc2c(cc1OC)CN(c1nncc(N3CCN(C)CC3)n1)CC2. The molecule has 2 aromatic rings. The number of rotatable bonds is 4. The first-order valence-corrected chi connectivity index (χ1v) is 9.30. The van der Waals surface area contributed by atoms with E-state index in [4.69, 9.17) is 14.5 Å². The van der Waals surface area contributed by atoms with Gasteiger partial charge in [0.05, 0.1) is 20.4 Å². The summed E-state index contributed by atoms with van der Waals surface area (Å²) in [6, 6.07) is 4.13. The van der Waals surface area contributed by atoms with E-state index in [1.165, 1.54) is 11.1 Å². The van der Waals surface area contributed by atoms with Gasteiger partial charge < -0.3 is 24.2 Å². The zero-order valence-electron chi connectivity index (χ0n) is 16.2. The van der Waals surface area contributed by atoms with Crippen molar-refractivity contribution in [1.82, 2.24) is 20.1 Å². The number of fused-ring (bicyclic) bond motifs is 1. The van der Waals surface area contributed by atoms with E-state index in [0.717, 1.165) is 63.0 Å². The van der Waals surface area contributed by atoms with Crippen molar-refractivity contribution in [1.29, 1.82) is 0 Å². The van der Waals surface area contributed by atoms with Crippen molar-refractivity contribution < 1.29 is 9.47 Å². The number of methoxy groups -OCH3 is 2. The Hall–Kier alpha value is -2.61. The molecular formula is C19H26N6O2. The summed E-state index contributed by atoms with van der Waals surface area (Å²) in [4.78, 5) is 11.6. The number of benzene rings is 1. The van der Waals surface area contributed by atoms with Crippen molar-refractivity contribution >= 4 is 11.8 Å². The second-order valence-electron chi connectivity index (χ2n) is 7.05. The van der Waals surface area contributed by atoms with Gasteiger partial charge in [-0.15, -0.1) is 5.10 Å². The van der Waals surface area contributed by atoms with Crippen LogP contribution in [-0.2, 0) is 13.0 Å². The molecule has 8 heteroatoms. The van der Waals surface area contributed by atoms with Gasteiger partial charge in [-0.3, -0.25) is 0 Å². The third-order valence-electron chi connectivity index (χ3n) is 5.36. The summed E-state index contributed by atoms with van der Waals surface area (Å²) in [5.41, 5.74) is 2.50. The molecule has 1 aromatic carbocycles. The topological polar surface area (TPSA) is 66.9 Å². The van der Waals surface area contributed by atoms with Crippen LogP contribution in [0.1, 0.15) is 11.1 Å². The maximum Gasteiger partial charge on any atom is 0.247 e. The lowest BCUT2D eigenvalue weighted by Gasteiger charge is -2.34. The summed E-state index contributed by atoms with van der Waals surface area (Å²) in [5, 5.41) is 8.51. The third-order valence-corrected chi connectivity index (χ3v) is 5.36. The number of nitrogens with zero attached hydrogens (tertiary/aromatic N) is 6. The van der Waals surface area contributed by atoms with Crippen LogP contribution in [0.15, 0.2) is 18.3 Å². The van der Waals surface area contributed by atoms with E-state index in [-0.39, 0.29) is 0 Å². The summed E-state index contributed by atoms with van der Waals surface area (Å²) in [6.45, 7) is 5.61. The van der Waals surface area contributed by atoms with Crippen LogP contribution >= 0.6 is 0 Å². The number of hydrogen-bond acceptors (Lipinski definition) is 8. The summed E-state index contributed by atoms with van der Waals surface area (Å²) >= 11 is 0. The molecule has 27 heavy (non-hydrogen) atoms. The molecule has 0 saturated carbocycles. The Morgan fingerprint density at radius 2 is 1.59 bits per heavy atom. The molecule has 0 radical (unpaired) electrons. The fourth-order valence-corrected chi connectivity index (χ4v) is 3.66. The highest BCUT2D eigenvalue weighted by Gasteiger charge is 2.23. The molecule has 3 heterocycles. The molecule has 2 aliphatic heterocycles. The molecule has 1 aromatic heterocycles. The first-order chi connectivity index (χ1) is 13.2. The van der Waals surface area contributed by atoms with Crippen LogP contribution in [0, 0.1) is 0 Å². The minimum Gasteiger partial charge on any atom is -0.493 e. The predicted octanol–water partition coefficient (Wildman–Crippen LogP) is 1.20. The van der Waals surface area contributed by atoms with E-state index < -0.39 is 0 Å². The molecule has 144 valence electrons. The van der Waals surface area contributed by atoms with Gasteiger partial charge in [0.15, 0.2) is 17.3 Å².